The molecule has 2 heterocycles. The second kappa shape index (κ2) is 7.87. The van der Waals surface area contributed by atoms with E-state index in [1.165, 1.54) is 28.5 Å². The maximum atomic E-state index is 12.3. The SMILES string of the molecule is NC(=O)c1cc(-c2csc(NC(=O)CSc3ccc4ccccc4c3)n2)c[nH]1. The number of hydrogen-bond donors (Lipinski definition) is 3. The highest BCUT2D eigenvalue weighted by molar-refractivity contribution is 8.00. The van der Waals surface area contributed by atoms with Crippen LogP contribution in [-0.4, -0.2) is 27.5 Å². The van der Waals surface area contributed by atoms with Crippen LogP contribution in [0.5, 0.6) is 0 Å². The molecule has 0 aliphatic rings. The number of rotatable bonds is 6. The molecule has 0 radical (unpaired) electrons. The summed E-state index contributed by atoms with van der Waals surface area (Å²) in [5.41, 5.74) is 6.98. The van der Waals surface area contributed by atoms with Crippen molar-refractivity contribution in [2.24, 2.45) is 5.73 Å². The third kappa shape index (κ3) is 4.08. The molecule has 8 heteroatoms. The van der Waals surface area contributed by atoms with Crippen LogP contribution in [0.2, 0.25) is 0 Å². The highest BCUT2D eigenvalue weighted by Crippen LogP contribution is 2.27. The highest BCUT2D eigenvalue weighted by Gasteiger charge is 2.11. The molecule has 4 rings (SSSR count). The van der Waals surface area contributed by atoms with E-state index in [4.69, 9.17) is 5.73 Å². The minimum Gasteiger partial charge on any atom is -0.364 e. The van der Waals surface area contributed by atoms with Gasteiger partial charge in [0.15, 0.2) is 5.13 Å². The molecule has 0 fully saturated rings. The Labute approximate surface area is 169 Å². The number of carbonyl (C=O) groups is 2. The molecular formula is C20H16N4O2S2. The third-order valence-electron chi connectivity index (χ3n) is 4.09. The molecule has 6 nitrogen and oxygen atoms in total. The van der Waals surface area contributed by atoms with Crippen molar-refractivity contribution in [1.29, 1.82) is 0 Å². The molecule has 0 aliphatic carbocycles. The van der Waals surface area contributed by atoms with Crippen molar-refractivity contribution in [2.45, 2.75) is 4.90 Å². The predicted octanol–water partition coefficient (Wildman–Crippen LogP) is 4.12. The first-order valence-electron chi connectivity index (χ1n) is 8.44. The average Bonchev–Trinajstić information content (AvgIpc) is 3.36. The molecule has 0 atom stereocenters. The second-order valence-electron chi connectivity index (χ2n) is 6.05. The van der Waals surface area contributed by atoms with E-state index in [1.807, 2.05) is 23.6 Å². The van der Waals surface area contributed by atoms with E-state index in [0.29, 0.717) is 22.3 Å². The highest BCUT2D eigenvalue weighted by atomic mass is 32.2. The van der Waals surface area contributed by atoms with Crippen molar-refractivity contribution < 1.29 is 9.59 Å². The summed E-state index contributed by atoms with van der Waals surface area (Å²) in [5.74, 6) is -0.352. The lowest BCUT2D eigenvalue weighted by atomic mass is 10.1. The zero-order chi connectivity index (χ0) is 19.5. The molecule has 4 N–H and O–H groups in total. The lowest BCUT2D eigenvalue weighted by Gasteiger charge is -2.04. The topological polar surface area (TPSA) is 101 Å². The van der Waals surface area contributed by atoms with Crippen LogP contribution in [0.4, 0.5) is 5.13 Å². The van der Waals surface area contributed by atoms with Crippen molar-refractivity contribution in [1.82, 2.24) is 9.97 Å². The molecule has 28 heavy (non-hydrogen) atoms. The molecule has 0 unspecified atom stereocenters. The van der Waals surface area contributed by atoms with E-state index in [-0.39, 0.29) is 5.91 Å². The first kappa shape index (κ1) is 18.3. The minimum absolute atomic E-state index is 0.119. The van der Waals surface area contributed by atoms with Gasteiger partial charge in [0.1, 0.15) is 5.69 Å². The van der Waals surface area contributed by atoms with Crippen LogP contribution < -0.4 is 11.1 Å². The number of hydrogen-bond acceptors (Lipinski definition) is 5. The molecule has 0 spiro atoms. The number of aromatic nitrogens is 2. The smallest absolute Gasteiger partial charge is 0.265 e. The molecule has 0 aliphatic heterocycles. The summed E-state index contributed by atoms with van der Waals surface area (Å²) in [4.78, 5) is 31.7. The zero-order valence-electron chi connectivity index (χ0n) is 14.6. The average molecular weight is 409 g/mol. The van der Waals surface area contributed by atoms with Crippen LogP contribution in [0.3, 0.4) is 0 Å². The van der Waals surface area contributed by atoms with Crippen molar-refractivity contribution >= 4 is 50.8 Å². The van der Waals surface area contributed by atoms with E-state index < -0.39 is 5.91 Å². The van der Waals surface area contributed by atoms with Gasteiger partial charge in [0.05, 0.1) is 11.4 Å². The fourth-order valence-corrected chi connectivity index (χ4v) is 4.19. The van der Waals surface area contributed by atoms with Gasteiger partial charge in [-0.05, 0) is 29.0 Å². The van der Waals surface area contributed by atoms with Gasteiger partial charge in [-0.2, -0.15) is 0 Å². The largest absolute Gasteiger partial charge is 0.364 e. The van der Waals surface area contributed by atoms with Gasteiger partial charge in [0.2, 0.25) is 5.91 Å². The second-order valence-corrected chi connectivity index (χ2v) is 7.96. The first-order valence-corrected chi connectivity index (χ1v) is 10.3. The lowest BCUT2D eigenvalue weighted by Crippen LogP contribution is -2.13. The zero-order valence-corrected chi connectivity index (χ0v) is 16.3. The molecule has 4 aromatic rings. The molecule has 0 saturated carbocycles. The molecule has 2 aromatic carbocycles. The van der Waals surface area contributed by atoms with Gasteiger partial charge >= 0.3 is 0 Å². The Morgan fingerprint density at radius 3 is 2.75 bits per heavy atom. The van der Waals surface area contributed by atoms with E-state index >= 15 is 0 Å². The summed E-state index contributed by atoms with van der Waals surface area (Å²) in [5, 5.41) is 7.48. The fourth-order valence-electron chi connectivity index (χ4n) is 2.71. The standard InChI is InChI=1S/C20H16N4O2S2/c21-19(26)16-8-14(9-22-16)17-10-28-20(23-17)24-18(25)11-27-15-6-5-12-3-1-2-4-13(12)7-15/h1-10,22H,11H2,(H2,21,26)(H,23,24,25). The number of primary amides is 1. The van der Waals surface area contributed by atoms with Crippen LogP contribution in [0.25, 0.3) is 22.0 Å². The number of H-pyrrole nitrogens is 1. The van der Waals surface area contributed by atoms with Crippen LogP contribution in [0, 0.1) is 0 Å². The van der Waals surface area contributed by atoms with Crippen LogP contribution in [0.1, 0.15) is 10.5 Å². The first-order chi connectivity index (χ1) is 13.6. The van der Waals surface area contributed by atoms with Gasteiger partial charge in [0.25, 0.3) is 5.91 Å². The van der Waals surface area contributed by atoms with Gasteiger partial charge in [0, 0.05) is 22.0 Å². The van der Waals surface area contributed by atoms with Gasteiger partial charge in [-0.3, -0.25) is 9.59 Å². The Bertz CT molecular complexity index is 1170. The van der Waals surface area contributed by atoms with Crippen molar-refractivity contribution in [3.05, 3.63) is 65.8 Å². The summed E-state index contributed by atoms with van der Waals surface area (Å²) in [6, 6.07) is 15.9. The Morgan fingerprint density at radius 1 is 1.14 bits per heavy atom. The van der Waals surface area contributed by atoms with Crippen molar-refractivity contribution in [3.63, 3.8) is 0 Å². The maximum absolute atomic E-state index is 12.3. The van der Waals surface area contributed by atoms with E-state index in [1.54, 1.807) is 12.3 Å². The van der Waals surface area contributed by atoms with Gasteiger partial charge in [-0.15, -0.1) is 23.1 Å². The van der Waals surface area contributed by atoms with E-state index in [9.17, 15) is 9.59 Å². The Balaban J connectivity index is 1.37. The van der Waals surface area contributed by atoms with E-state index in [0.717, 1.165) is 15.8 Å². The number of fused-ring (bicyclic) bond motifs is 1. The number of thiazole rings is 1. The quantitative estimate of drug-likeness (QED) is 0.418. The predicted molar refractivity (Wildman–Crippen MR) is 114 cm³/mol. The number of carbonyl (C=O) groups excluding carboxylic acids is 2. The lowest BCUT2D eigenvalue weighted by molar-refractivity contribution is -0.113. The summed E-state index contributed by atoms with van der Waals surface area (Å²) in [7, 11) is 0. The number of nitrogens with one attached hydrogen (secondary N) is 2. The Kier molecular flexibility index (Phi) is 5.14. The minimum atomic E-state index is -0.527. The van der Waals surface area contributed by atoms with Gasteiger partial charge in [-0.1, -0.05) is 30.3 Å². The number of aromatic amines is 1. The molecular weight excluding hydrogens is 392 g/mol. The molecule has 140 valence electrons. The molecule has 2 amide bonds. The number of anilines is 1. The van der Waals surface area contributed by atoms with Gasteiger partial charge in [-0.25, -0.2) is 4.98 Å². The van der Waals surface area contributed by atoms with Gasteiger partial charge < -0.3 is 16.0 Å². The van der Waals surface area contributed by atoms with Crippen LogP contribution in [0.15, 0.2) is 65.0 Å². The maximum Gasteiger partial charge on any atom is 0.265 e. The van der Waals surface area contributed by atoms with Crippen LogP contribution >= 0.6 is 23.1 Å². The Morgan fingerprint density at radius 2 is 1.96 bits per heavy atom. The number of thioether (sulfide) groups is 1. The number of nitrogens with zero attached hydrogens (tertiary/aromatic N) is 1. The molecule has 0 bridgehead atoms. The molecule has 0 saturated heterocycles. The number of nitrogens with two attached hydrogens (primary N) is 1. The number of benzene rings is 2. The number of amides is 2. The van der Waals surface area contributed by atoms with E-state index in [2.05, 4.69) is 39.6 Å². The summed E-state index contributed by atoms with van der Waals surface area (Å²) < 4.78 is 0. The molecule has 2 aromatic heterocycles. The third-order valence-corrected chi connectivity index (χ3v) is 5.84. The normalized spacial score (nSPS) is 10.9. The monoisotopic (exact) mass is 408 g/mol. The van der Waals surface area contributed by atoms with Crippen molar-refractivity contribution in [3.8, 4) is 11.3 Å². The fraction of sp³-hybridized carbons (Fsp3) is 0.0500. The van der Waals surface area contributed by atoms with Crippen molar-refractivity contribution in [2.75, 3.05) is 11.1 Å². The summed E-state index contributed by atoms with van der Waals surface area (Å²) in [6.07, 6.45) is 1.66. The van der Waals surface area contributed by atoms with Crippen LogP contribution in [-0.2, 0) is 4.79 Å². The Hall–Kier alpha value is -3.10. The summed E-state index contributed by atoms with van der Waals surface area (Å²) >= 11 is 2.81. The summed E-state index contributed by atoms with van der Waals surface area (Å²) in [6.45, 7) is 0.